The third-order valence-corrected chi connectivity index (χ3v) is 5.20. The monoisotopic (exact) mass is 315 g/mol. The van der Waals surface area contributed by atoms with E-state index >= 15 is 0 Å². The summed E-state index contributed by atoms with van der Waals surface area (Å²) in [5.74, 6) is 1.79. The first-order chi connectivity index (χ1) is 11.1. The van der Waals surface area contributed by atoms with Crippen LogP contribution < -0.4 is 0 Å². The van der Waals surface area contributed by atoms with Crippen LogP contribution in [0.1, 0.15) is 38.3 Å². The molecular weight excluding hydrogens is 294 g/mol. The molecule has 1 fully saturated rings. The lowest BCUT2D eigenvalue weighted by Crippen LogP contribution is -2.17. The first-order valence-electron chi connectivity index (χ1n) is 8.15. The van der Waals surface area contributed by atoms with Gasteiger partial charge in [0.25, 0.3) is 0 Å². The van der Waals surface area contributed by atoms with Crippen LogP contribution in [-0.2, 0) is 25.5 Å². The molecule has 0 N–H and O–H groups in total. The minimum atomic E-state index is -0.351. The number of hydrogen-bond acceptors (Lipinski definition) is 4. The Balaban J connectivity index is 1.78. The molecule has 3 atom stereocenters. The molecule has 0 unspecified atom stereocenters. The van der Waals surface area contributed by atoms with Gasteiger partial charge in [-0.05, 0) is 31.9 Å². The highest BCUT2D eigenvalue weighted by atomic mass is 16.6. The van der Waals surface area contributed by atoms with E-state index in [2.05, 4.69) is 29.8 Å². The molecule has 4 heterocycles. The summed E-state index contributed by atoms with van der Waals surface area (Å²) in [5.41, 5.74) is 1.81. The van der Waals surface area contributed by atoms with Gasteiger partial charge in [-0.25, -0.2) is 4.79 Å². The molecule has 1 aromatic rings. The molecule has 1 saturated heterocycles. The van der Waals surface area contributed by atoms with Crippen LogP contribution >= 0.6 is 0 Å². The quantitative estimate of drug-likeness (QED) is 0.747. The normalized spacial score (nSPS) is 33.0. The van der Waals surface area contributed by atoms with Gasteiger partial charge >= 0.3 is 5.97 Å². The lowest BCUT2D eigenvalue weighted by Gasteiger charge is -2.17. The summed E-state index contributed by atoms with van der Waals surface area (Å²) >= 11 is 0. The topological polar surface area (TPSA) is 49.7 Å². The van der Waals surface area contributed by atoms with Gasteiger partial charge in [0.1, 0.15) is 11.9 Å². The van der Waals surface area contributed by atoms with E-state index in [4.69, 9.17) is 14.2 Å². The Hall–Kier alpha value is -2.17. The SMILES string of the molecule is COC1=C(C)C(=O)O/C1=C1/O[C@@H]2CCCn3cccc3[C@H]2[C@@H]1C. The van der Waals surface area contributed by atoms with E-state index in [0.717, 1.165) is 25.1 Å². The van der Waals surface area contributed by atoms with Crippen LogP contribution in [0.25, 0.3) is 0 Å². The van der Waals surface area contributed by atoms with Crippen molar-refractivity contribution in [2.24, 2.45) is 5.92 Å². The summed E-state index contributed by atoms with van der Waals surface area (Å²) in [6.07, 6.45) is 4.35. The van der Waals surface area contributed by atoms with Crippen LogP contribution in [0.2, 0.25) is 0 Å². The van der Waals surface area contributed by atoms with Gasteiger partial charge in [-0.15, -0.1) is 0 Å². The van der Waals surface area contributed by atoms with E-state index < -0.39 is 0 Å². The fourth-order valence-corrected chi connectivity index (χ4v) is 4.06. The molecule has 0 saturated carbocycles. The standard InChI is InChI=1S/C18H21NO4/c1-10-14-12-6-4-8-19(12)9-5-7-13(14)22-16(10)17-15(21-3)11(2)18(20)23-17/h4,6,8,10,13-14H,5,7,9H2,1-3H3/b17-16+/t10-,13+,14+/m0/s1. The highest BCUT2D eigenvalue weighted by Crippen LogP contribution is 2.48. The van der Waals surface area contributed by atoms with Gasteiger partial charge in [0.05, 0.1) is 12.7 Å². The lowest BCUT2D eigenvalue weighted by molar-refractivity contribution is -0.133. The van der Waals surface area contributed by atoms with Gasteiger partial charge in [-0.2, -0.15) is 0 Å². The van der Waals surface area contributed by atoms with E-state index in [-0.39, 0.29) is 23.9 Å². The maximum Gasteiger partial charge on any atom is 0.343 e. The van der Waals surface area contributed by atoms with Crippen molar-refractivity contribution in [3.05, 3.63) is 46.9 Å². The number of esters is 1. The van der Waals surface area contributed by atoms with Crippen LogP contribution in [0.5, 0.6) is 0 Å². The number of carbonyl (C=O) groups excluding carboxylic acids is 1. The van der Waals surface area contributed by atoms with Gasteiger partial charge < -0.3 is 18.8 Å². The van der Waals surface area contributed by atoms with Crippen molar-refractivity contribution in [2.75, 3.05) is 7.11 Å². The molecule has 5 heteroatoms. The molecule has 23 heavy (non-hydrogen) atoms. The van der Waals surface area contributed by atoms with E-state index in [1.54, 1.807) is 14.0 Å². The second-order valence-corrected chi connectivity index (χ2v) is 6.48. The minimum Gasteiger partial charge on any atom is -0.492 e. The fraction of sp³-hybridized carbons (Fsp3) is 0.500. The summed E-state index contributed by atoms with van der Waals surface area (Å²) in [5, 5.41) is 0. The number of aryl methyl sites for hydroxylation is 1. The van der Waals surface area contributed by atoms with Crippen LogP contribution in [-0.4, -0.2) is 23.8 Å². The number of aromatic nitrogens is 1. The molecule has 3 aliphatic rings. The summed E-state index contributed by atoms with van der Waals surface area (Å²) in [6.45, 7) is 4.90. The molecule has 5 nitrogen and oxygen atoms in total. The number of rotatable bonds is 1. The van der Waals surface area contributed by atoms with E-state index in [0.29, 0.717) is 17.1 Å². The smallest absolute Gasteiger partial charge is 0.343 e. The second-order valence-electron chi connectivity index (χ2n) is 6.48. The molecule has 0 aliphatic carbocycles. The molecule has 0 bridgehead atoms. The predicted molar refractivity (Wildman–Crippen MR) is 83.3 cm³/mol. The maximum absolute atomic E-state index is 11.9. The fourth-order valence-electron chi connectivity index (χ4n) is 4.06. The number of nitrogens with zero attached hydrogens (tertiary/aromatic N) is 1. The van der Waals surface area contributed by atoms with Crippen molar-refractivity contribution in [1.82, 2.24) is 4.57 Å². The van der Waals surface area contributed by atoms with Crippen molar-refractivity contribution in [2.45, 2.75) is 45.3 Å². The first-order valence-corrected chi connectivity index (χ1v) is 8.15. The Morgan fingerprint density at radius 3 is 3.00 bits per heavy atom. The average molecular weight is 315 g/mol. The van der Waals surface area contributed by atoms with Crippen molar-refractivity contribution >= 4 is 5.97 Å². The zero-order valence-electron chi connectivity index (χ0n) is 13.7. The number of hydrogen-bond donors (Lipinski definition) is 0. The number of cyclic esters (lactones) is 1. The number of ether oxygens (including phenoxy) is 3. The third kappa shape index (κ3) is 2.02. The highest BCUT2D eigenvalue weighted by molar-refractivity contribution is 5.93. The molecule has 1 aromatic heterocycles. The van der Waals surface area contributed by atoms with Crippen molar-refractivity contribution in [3.8, 4) is 0 Å². The summed E-state index contributed by atoms with van der Waals surface area (Å²) < 4.78 is 19.4. The average Bonchev–Trinajstić information content (AvgIpc) is 3.15. The Kier molecular flexibility index (Phi) is 3.25. The van der Waals surface area contributed by atoms with Gasteiger partial charge in [0.2, 0.25) is 5.76 Å². The van der Waals surface area contributed by atoms with Crippen molar-refractivity contribution < 1.29 is 19.0 Å². The van der Waals surface area contributed by atoms with Crippen molar-refractivity contribution in [3.63, 3.8) is 0 Å². The number of methoxy groups -OCH3 is 1. The molecule has 122 valence electrons. The molecule has 3 aliphatic heterocycles. The van der Waals surface area contributed by atoms with Gasteiger partial charge in [-0.1, -0.05) is 6.92 Å². The number of fused-ring (bicyclic) bond motifs is 3. The number of allylic oxidation sites excluding steroid dienone is 1. The zero-order valence-corrected chi connectivity index (χ0v) is 13.7. The summed E-state index contributed by atoms with van der Waals surface area (Å²) in [7, 11) is 1.56. The minimum absolute atomic E-state index is 0.126. The highest BCUT2D eigenvalue weighted by Gasteiger charge is 2.46. The predicted octanol–water partition coefficient (Wildman–Crippen LogP) is 3.09. The van der Waals surface area contributed by atoms with E-state index in [1.807, 2.05) is 0 Å². The van der Waals surface area contributed by atoms with Crippen LogP contribution in [0.3, 0.4) is 0 Å². The van der Waals surface area contributed by atoms with Crippen LogP contribution in [0.15, 0.2) is 41.2 Å². The molecule has 0 spiro atoms. The van der Waals surface area contributed by atoms with E-state index in [9.17, 15) is 4.79 Å². The molecule has 4 rings (SSSR count). The van der Waals surface area contributed by atoms with Crippen LogP contribution in [0, 0.1) is 5.92 Å². The molecular formula is C18H21NO4. The third-order valence-electron chi connectivity index (χ3n) is 5.20. The molecule has 0 aromatic carbocycles. The second kappa shape index (κ2) is 5.18. The first kappa shape index (κ1) is 14.4. The maximum atomic E-state index is 11.9. The van der Waals surface area contributed by atoms with Gasteiger partial charge in [-0.3, -0.25) is 0 Å². The Morgan fingerprint density at radius 1 is 1.39 bits per heavy atom. The largest absolute Gasteiger partial charge is 0.492 e. The van der Waals surface area contributed by atoms with Crippen molar-refractivity contribution in [1.29, 1.82) is 0 Å². The molecule has 0 radical (unpaired) electrons. The van der Waals surface area contributed by atoms with Crippen LogP contribution in [0.4, 0.5) is 0 Å². The Bertz CT molecular complexity index is 727. The lowest BCUT2D eigenvalue weighted by atomic mass is 9.86. The number of carbonyl (C=O) groups is 1. The summed E-state index contributed by atoms with van der Waals surface area (Å²) in [4.78, 5) is 11.9. The Labute approximate surface area is 135 Å². The van der Waals surface area contributed by atoms with Gasteiger partial charge in [0.15, 0.2) is 5.76 Å². The van der Waals surface area contributed by atoms with E-state index in [1.165, 1.54) is 5.69 Å². The Morgan fingerprint density at radius 2 is 2.22 bits per heavy atom. The van der Waals surface area contributed by atoms with Gasteiger partial charge in [0, 0.05) is 30.3 Å². The zero-order chi connectivity index (χ0) is 16.1. The summed E-state index contributed by atoms with van der Waals surface area (Å²) in [6, 6.07) is 4.27. The molecule has 0 amide bonds.